The van der Waals surface area contributed by atoms with Crippen LogP contribution in [0, 0.1) is 9.49 Å². The maximum atomic E-state index is 6.02. The maximum absolute atomic E-state index is 6.02. The van der Waals surface area contributed by atoms with E-state index in [-0.39, 0.29) is 0 Å². The van der Waals surface area contributed by atoms with Crippen LogP contribution >= 0.6 is 22.6 Å². The van der Waals surface area contributed by atoms with Crippen LogP contribution in [0.3, 0.4) is 0 Å². The van der Waals surface area contributed by atoms with E-state index in [0.29, 0.717) is 6.04 Å². The lowest BCUT2D eigenvalue weighted by Crippen LogP contribution is -2.20. The Bertz CT molecular complexity index is 340. The molecule has 0 atom stereocenters. The Balaban J connectivity index is 1.96. The third-order valence-corrected chi connectivity index (χ3v) is 4.48. The van der Waals surface area contributed by atoms with Crippen molar-refractivity contribution < 1.29 is 0 Å². The molecular formula is C12H20IN3. The van der Waals surface area contributed by atoms with Gasteiger partial charge in [-0.05, 0) is 54.2 Å². The van der Waals surface area contributed by atoms with E-state index < -0.39 is 0 Å². The number of rotatable bonds is 3. The van der Waals surface area contributed by atoms with E-state index in [1.807, 2.05) is 10.9 Å². The molecule has 1 heterocycles. The highest BCUT2D eigenvalue weighted by molar-refractivity contribution is 14.1. The smallest absolute Gasteiger partial charge is 0.135 e. The largest absolute Gasteiger partial charge is 0.383 e. The molecule has 0 amide bonds. The fourth-order valence-electron chi connectivity index (χ4n) is 2.73. The molecule has 16 heavy (non-hydrogen) atoms. The number of nitrogen functional groups attached to an aromatic ring is 1. The van der Waals surface area contributed by atoms with Gasteiger partial charge in [-0.25, -0.2) is 4.68 Å². The van der Waals surface area contributed by atoms with Crippen molar-refractivity contribution in [1.29, 1.82) is 0 Å². The van der Waals surface area contributed by atoms with Gasteiger partial charge in [0.1, 0.15) is 5.82 Å². The molecule has 1 fully saturated rings. The van der Waals surface area contributed by atoms with Crippen molar-refractivity contribution in [1.82, 2.24) is 9.78 Å². The number of aromatic nitrogens is 2. The molecule has 0 unspecified atom stereocenters. The number of hydrogen-bond acceptors (Lipinski definition) is 2. The molecule has 2 rings (SSSR count). The summed E-state index contributed by atoms with van der Waals surface area (Å²) in [5.74, 6) is 1.79. The zero-order valence-electron chi connectivity index (χ0n) is 9.82. The molecule has 0 radical (unpaired) electrons. The van der Waals surface area contributed by atoms with Gasteiger partial charge >= 0.3 is 0 Å². The van der Waals surface area contributed by atoms with Crippen LogP contribution in [0.1, 0.15) is 51.5 Å². The summed E-state index contributed by atoms with van der Waals surface area (Å²) in [4.78, 5) is 0. The predicted molar refractivity (Wildman–Crippen MR) is 75.3 cm³/mol. The van der Waals surface area contributed by atoms with Crippen LogP contribution in [0.5, 0.6) is 0 Å². The van der Waals surface area contributed by atoms with Crippen molar-refractivity contribution >= 4 is 28.4 Å². The average molecular weight is 333 g/mol. The van der Waals surface area contributed by atoms with Gasteiger partial charge in [-0.2, -0.15) is 5.10 Å². The van der Waals surface area contributed by atoms with E-state index in [4.69, 9.17) is 5.73 Å². The van der Waals surface area contributed by atoms with Crippen molar-refractivity contribution in [2.24, 2.45) is 5.92 Å². The van der Waals surface area contributed by atoms with Crippen molar-refractivity contribution in [2.75, 3.05) is 5.73 Å². The molecule has 2 N–H and O–H groups in total. The monoisotopic (exact) mass is 333 g/mol. The predicted octanol–water partition coefficient (Wildman–Crippen LogP) is 3.60. The highest BCUT2D eigenvalue weighted by Crippen LogP contribution is 2.35. The Morgan fingerprint density at radius 2 is 2.12 bits per heavy atom. The van der Waals surface area contributed by atoms with E-state index in [1.165, 1.54) is 38.5 Å². The van der Waals surface area contributed by atoms with Gasteiger partial charge in [-0.15, -0.1) is 0 Å². The summed E-state index contributed by atoms with van der Waals surface area (Å²) >= 11 is 2.25. The Labute approximate surface area is 111 Å². The third-order valence-electron chi connectivity index (χ3n) is 3.65. The Morgan fingerprint density at radius 1 is 1.44 bits per heavy atom. The van der Waals surface area contributed by atoms with Gasteiger partial charge in [0.05, 0.1) is 15.8 Å². The van der Waals surface area contributed by atoms with Crippen molar-refractivity contribution in [3.8, 4) is 0 Å². The summed E-state index contributed by atoms with van der Waals surface area (Å²) in [5.41, 5.74) is 6.02. The number of nitrogens with zero attached hydrogens (tertiary/aromatic N) is 2. The standard InChI is InChI=1S/C12H20IN3/c1-2-3-9-4-6-10(7-5-9)16-12(14)11(13)8-15-16/h8-10H,2-7,14H2,1H3. The minimum Gasteiger partial charge on any atom is -0.383 e. The Hall–Kier alpha value is -0.260. The van der Waals surface area contributed by atoms with E-state index >= 15 is 0 Å². The molecule has 3 nitrogen and oxygen atoms in total. The minimum atomic E-state index is 0.539. The molecular weight excluding hydrogens is 313 g/mol. The molecule has 1 aromatic rings. The fourth-order valence-corrected chi connectivity index (χ4v) is 3.10. The second kappa shape index (κ2) is 5.38. The Kier molecular flexibility index (Phi) is 4.10. The summed E-state index contributed by atoms with van der Waals surface area (Å²) in [6, 6.07) is 0.539. The van der Waals surface area contributed by atoms with E-state index in [0.717, 1.165) is 15.3 Å². The van der Waals surface area contributed by atoms with Crippen molar-refractivity contribution in [3.05, 3.63) is 9.77 Å². The number of hydrogen-bond donors (Lipinski definition) is 1. The van der Waals surface area contributed by atoms with Crippen LogP contribution in [0.25, 0.3) is 0 Å². The summed E-state index contributed by atoms with van der Waals surface area (Å²) < 4.78 is 3.11. The van der Waals surface area contributed by atoms with Crippen LogP contribution in [-0.2, 0) is 0 Å². The summed E-state index contributed by atoms with van der Waals surface area (Å²) in [5, 5.41) is 4.39. The SMILES string of the molecule is CCCC1CCC(n2ncc(I)c2N)CC1. The zero-order valence-corrected chi connectivity index (χ0v) is 12.0. The van der Waals surface area contributed by atoms with Gasteiger partial charge in [0.25, 0.3) is 0 Å². The number of halogens is 1. The molecule has 4 heteroatoms. The third kappa shape index (κ3) is 2.52. The van der Waals surface area contributed by atoms with Crippen LogP contribution in [0.4, 0.5) is 5.82 Å². The quantitative estimate of drug-likeness (QED) is 0.859. The molecule has 0 aliphatic heterocycles. The van der Waals surface area contributed by atoms with Crippen molar-refractivity contribution in [2.45, 2.75) is 51.5 Å². The first-order valence-electron chi connectivity index (χ1n) is 6.20. The maximum Gasteiger partial charge on any atom is 0.135 e. The molecule has 1 saturated carbocycles. The number of nitrogens with two attached hydrogens (primary N) is 1. The summed E-state index contributed by atoms with van der Waals surface area (Å²) in [7, 11) is 0. The average Bonchev–Trinajstić information content (AvgIpc) is 2.62. The van der Waals surface area contributed by atoms with Crippen LogP contribution in [-0.4, -0.2) is 9.78 Å². The van der Waals surface area contributed by atoms with Crippen LogP contribution in [0.15, 0.2) is 6.20 Å². The second-order valence-electron chi connectivity index (χ2n) is 4.79. The molecule has 1 aliphatic rings. The fraction of sp³-hybridized carbons (Fsp3) is 0.750. The van der Waals surface area contributed by atoms with Gasteiger partial charge in [-0.3, -0.25) is 0 Å². The van der Waals surface area contributed by atoms with E-state index in [9.17, 15) is 0 Å². The normalized spacial score (nSPS) is 25.9. The minimum absolute atomic E-state index is 0.539. The molecule has 0 saturated heterocycles. The first-order chi connectivity index (χ1) is 7.72. The molecule has 1 aliphatic carbocycles. The topological polar surface area (TPSA) is 43.8 Å². The highest BCUT2D eigenvalue weighted by atomic mass is 127. The van der Waals surface area contributed by atoms with Gasteiger partial charge in [0, 0.05) is 0 Å². The molecule has 1 aromatic heterocycles. The molecule has 0 aromatic carbocycles. The summed E-state index contributed by atoms with van der Waals surface area (Å²) in [6.07, 6.45) is 9.74. The molecule has 0 spiro atoms. The number of anilines is 1. The second-order valence-corrected chi connectivity index (χ2v) is 5.95. The lowest BCUT2D eigenvalue weighted by Gasteiger charge is -2.29. The lowest BCUT2D eigenvalue weighted by molar-refractivity contribution is 0.252. The van der Waals surface area contributed by atoms with Gasteiger partial charge in [-0.1, -0.05) is 19.8 Å². The first kappa shape index (κ1) is 12.2. The van der Waals surface area contributed by atoms with Gasteiger partial charge in [0.2, 0.25) is 0 Å². The lowest BCUT2D eigenvalue weighted by atomic mass is 9.83. The molecule has 90 valence electrons. The van der Waals surface area contributed by atoms with Crippen LogP contribution in [0.2, 0.25) is 0 Å². The molecule has 0 bridgehead atoms. The van der Waals surface area contributed by atoms with E-state index in [2.05, 4.69) is 34.6 Å². The van der Waals surface area contributed by atoms with E-state index in [1.54, 1.807) is 0 Å². The Morgan fingerprint density at radius 3 is 2.62 bits per heavy atom. The van der Waals surface area contributed by atoms with Gasteiger partial charge in [0.15, 0.2) is 0 Å². The van der Waals surface area contributed by atoms with Crippen molar-refractivity contribution in [3.63, 3.8) is 0 Å². The first-order valence-corrected chi connectivity index (χ1v) is 7.28. The summed E-state index contributed by atoms with van der Waals surface area (Å²) in [6.45, 7) is 2.28. The van der Waals surface area contributed by atoms with Crippen LogP contribution < -0.4 is 5.73 Å². The zero-order chi connectivity index (χ0) is 11.5. The highest BCUT2D eigenvalue weighted by Gasteiger charge is 2.23. The van der Waals surface area contributed by atoms with Gasteiger partial charge < -0.3 is 5.73 Å².